The van der Waals surface area contributed by atoms with Crippen LogP contribution in [0.4, 0.5) is 0 Å². The van der Waals surface area contributed by atoms with Crippen LogP contribution in [0.3, 0.4) is 0 Å². The standard InChI is InChI=1S/C42H34O4/c1-3-4-5-6-7-8-9-10-11-12-13-14-15-16-17-18-21-24-27-30-35-45-36-31-28-25-22-19-20-23-26-29-32-37-46-41-34-33-40(39-43)42(38-41)44-2/h1,33-34,38,43H,19-20,22-23,25-26,28-29,31-32,36-37,39H2,2H3. The molecule has 0 aliphatic rings. The summed E-state index contributed by atoms with van der Waals surface area (Å²) in [7, 11) is 1.59. The Balaban J connectivity index is 2.00. The van der Waals surface area contributed by atoms with Crippen molar-refractivity contribution in [2.75, 3.05) is 20.3 Å². The highest BCUT2D eigenvalue weighted by molar-refractivity contribution is 5.47. The molecular weight excluding hydrogens is 568 g/mol. The Morgan fingerprint density at radius 2 is 0.957 bits per heavy atom. The van der Waals surface area contributed by atoms with Crippen molar-refractivity contribution in [2.45, 2.75) is 70.8 Å². The lowest BCUT2D eigenvalue weighted by atomic mass is 10.1. The van der Waals surface area contributed by atoms with Crippen molar-refractivity contribution in [2.24, 2.45) is 0 Å². The minimum absolute atomic E-state index is 0.0441. The molecule has 0 amide bonds. The van der Waals surface area contributed by atoms with Crippen LogP contribution in [0.15, 0.2) is 18.2 Å². The molecule has 0 saturated heterocycles. The summed E-state index contributed by atoms with van der Waals surface area (Å²) >= 11 is 0. The molecule has 1 N–H and O–H groups in total. The number of unbranched alkanes of at least 4 members (excludes halogenated alkanes) is 9. The predicted octanol–water partition coefficient (Wildman–Crippen LogP) is 5.11. The normalized spacial score (nSPS) is 7.59. The number of benzene rings is 1. The average Bonchev–Trinajstić information content (AvgIpc) is 3.08. The molecule has 4 heteroatoms. The first-order valence-corrected chi connectivity index (χ1v) is 14.8. The quantitative estimate of drug-likeness (QED) is 0.211. The topological polar surface area (TPSA) is 47.9 Å². The van der Waals surface area contributed by atoms with Crippen molar-refractivity contribution in [1.82, 2.24) is 0 Å². The number of ether oxygens (including phenoxy) is 3. The van der Waals surface area contributed by atoms with Crippen LogP contribution < -0.4 is 9.47 Å². The lowest BCUT2D eigenvalue weighted by Gasteiger charge is -2.10. The molecule has 226 valence electrons. The molecule has 0 atom stereocenters. The first-order valence-electron chi connectivity index (χ1n) is 14.8. The number of aliphatic hydroxyl groups is 1. The van der Waals surface area contributed by atoms with E-state index in [-0.39, 0.29) is 6.61 Å². The maximum Gasteiger partial charge on any atom is 0.128 e. The number of terminal acetylenes is 1. The van der Waals surface area contributed by atoms with Crippen molar-refractivity contribution in [3.8, 4) is 142 Å². The van der Waals surface area contributed by atoms with Gasteiger partial charge in [-0.05, 0) is 72.3 Å². The van der Waals surface area contributed by atoms with Gasteiger partial charge in [-0.1, -0.05) is 51.4 Å². The average molecular weight is 603 g/mol. The summed E-state index contributed by atoms with van der Waals surface area (Å²) in [4.78, 5) is 0. The Morgan fingerprint density at radius 1 is 0.543 bits per heavy atom. The predicted molar refractivity (Wildman–Crippen MR) is 183 cm³/mol. The van der Waals surface area contributed by atoms with E-state index >= 15 is 0 Å². The highest BCUT2D eigenvalue weighted by Gasteiger charge is 2.04. The van der Waals surface area contributed by atoms with Crippen molar-refractivity contribution >= 4 is 0 Å². The van der Waals surface area contributed by atoms with Crippen LogP contribution in [0.5, 0.6) is 11.5 Å². The van der Waals surface area contributed by atoms with Gasteiger partial charge >= 0.3 is 0 Å². The molecule has 1 aromatic carbocycles. The number of hydrogen-bond acceptors (Lipinski definition) is 4. The Labute approximate surface area is 276 Å². The lowest BCUT2D eigenvalue weighted by molar-refractivity contribution is 0.267. The Bertz CT molecular complexity index is 1790. The van der Waals surface area contributed by atoms with E-state index in [1.807, 2.05) is 18.2 Å². The number of rotatable bonds is 16. The summed E-state index contributed by atoms with van der Waals surface area (Å²) in [6.45, 7) is 1.25. The van der Waals surface area contributed by atoms with Gasteiger partial charge in [0.1, 0.15) is 24.2 Å². The maximum atomic E-state index is 9.29. The van der Waals surface area contributed by atoms with Gasteiger partial charge in [-0.3, -0.25) is 0 Å². The van der Waals surface area contributed by atoms with Crippen molar-refractivity contribution in [3.63, 3.8) is 0 Å². The summed E-state index contributed by atoms with van der Waals surface area (Å²) < 4.78 is 16.4. The Morgan fingerprint density at radius 3 is 1.39 bits per heavy atom. The molecule has 0 aliphatic heterocycles. The van der Waals surface area contributed by atoms with E-state index in [1.54, 1.807) is 7.11 Å². The van der Waals surface area contributed by atoms with E-state index in [9.17, 15) is 5.11 Å². The van der Waals surface area contributed by atoms with E-state index in [1.165, 1.54) is 44.9 Å². The number of hydrogen-bond donors (Lipinski definition) is 1. The summed E-state index contributed by atoms with van der Waals surface area (Å²) in [6, 6.07) is 5.53. The third-order valence-electron chi connectivity index (χ3n) is 5.66. The molecule has 0 fully saturated rings. The molecule has 0 bridgehead atoms. The SMILES string of the molecule is C#CC#CC#CC#CC#CC#CC#CC#CC#CC#CC#COCCCCCCCCCCCCOc1ccc(CO)c(OC)c1. The fraction of sp³-hybridized carbons (Fsp3) is 0.333. The largest absolute Gasteiger partial charge is 0.496 e. The molecule has 0 unspecified atom stereocenters. The summed E-state index contributed by atoms with van der Waals surface area (Å²) in [6.07, 6.45) is 19.3. The Kier molecular flexibility index (Phi) is 24.8. The van der Waals surface area contributed by atoms with E-state index in [0.29, 0.717) is 19.0 Å². The van der Waals surface area contributed by atoms with Gasteiger partial charge in [0.2, 0.25) is 0 Å². The third-order valence-corrected chi connectivity index (χ3v) is 5.66. The minimum atomic E-state index is -0.0441. The van der Waals surface area contributed by atoms with Gasteiger partial charge in [0.25, 0.3) is 0 Å². The minimum Gasteiger partial charge on any atom is -0.496 e. The van der Waals surface area contributed by atoms with Gasteiger partial charge in [0.05, 0.1) is 20.3 Å². The van der Waals surface area contributed by atoms with Gasteiger partial charge in [-0.2, -0.15) is 0 Å². The highest BCUT2D eigenvalue weighted by Crippen LogP contribution is 2.25. The second-order valence-electron chi connectivity index (χ2n) is 8.99. The molecule has 46 heavy (non-hydrogen) atoms. The van der Waals surface area contributed by atoms with Crippen molar-refractivity contribution in [1.29, 1.82) is 0 Å². The Hall–Kier alpha value is -6.26. The van der Waals surface area contributed by atoms with E-state index in [0.717, 1.165) is 30.6 Å². The van der Waals surface area contributed by atoms with Crippen molar-refractivity contribution < 1.29 is 19.3 Å². The summed E-state index contributed by atoms with van der Waals surface area (Å²) in [5.74, 6) is 51.4. The van der Waals surface area contributed by atoms with Crippen molar-refractivity contribution in [3.05, 3.63) is 23.8 Å². The van der Waals surface area contributed by atoms with Gasteiger partial charge in [0.15, 0.2) is 0 Å². The zero-order valence-electron chi connectivity index (χ0n) is 26.2. The van der Waals surface area contributed by atoms with E-state index in [2.05, 4.69) is 125 Å². The van der Waals surface area contributed by atoms with Gasteiger partial charge in [-0.15, -0.1) is 6.42 Å². The zero-order chi connectivity index (χ0) is 33.0. The van der Waals surface area contributed by atoms with Crippen LogP contribution in [0.25, 0.3) is 0 Å². The first kappa shape index (κ1) is 37.8. The molecule has 4 nitrogen and oxygen atoms in total. The molecule has 1 aromatic rings. The smallest absolute Gasteiger partial charge is 0.128 e. The molecule has 0 radical (unpaired) electrons. The van der Waals surface area contributed by atoms with Gasteiger partial charge < -0.3 is 19.3 Å². The molecule has 0 spiro atoms. The van der Waals surface area contributed by atoms with Crippen LogP contribution in [0, 0.1) is 131 Å². The molecule has 0 aromatic heterocycles. The fourth-order valence-corrected chi connectivity index (χ4v) is 3.51. The number of aliphatic hydroxyl groups excluding tert-OH is 1. The monoisotopic (exact) mass is 602 g/mol. The molecule has 0 heterocycles. The van der Waals surface area contributed by atoms with Crippen LogP contribution in [-0.2, 0) is 11.3 Å². The second-order valence-corrected chi connectivity index (χ2v) is 8.99. The third kappa shape index (κ3) is 23.3. The van der Waals surface area contributed by atoms with Crippen LogP contribution in [-0.4, -0.2) is 25.4 Å². The molecule has 0 saturated carbocycles. The van der Waals surface area contributed by atoms with Gasteiger partial charge in [0, 0.05) is 82.7 Å². The van der Waals surface area contributed by atoms with Crippen LogP contribution >= 0.6 is 0 Å². The lowest BCUT2D eigenvalue weighted by Crippen LogP contribution is -1.99. The fourth-order valence-electron chi connectivity index (χ4n) is 3.51. The van der Waals surface area contributed by atoms with Crippen LogP contribution in [0.2, 0.25) is 0 Å². The summed E-state index contributed by atoms with van der Waals surface area (Å²) in [5.41, 5.74) is 0.761. The van der Waals surface area contributed by atoms with E-state index in [4.69, 9.17) is 20.6 Å². The van der Waals surface area contributed by atoms with E-state index < -0.39 is 0 Å². The highest BCUT2D eigenvalue weighted by atomic mass is 16.5. The molecule has 0 aliphatic carbocycles. The maximum absolute atomic E-state index is 9.29. The number of methoxy groups -OCH3 is 1. The first-order chi connectivity index (χ1) is 22.8. The summed E-state index contributed by atoms with van der Waals surface area (Å²) in [5, 5.41) is 9.29. The molecule has 1 rings (SSSR count). The van der Waals surface area contributed by atoms with Gasteiger partial charge in [-0.25, -0.2) is 0 Å². The second kappa shape index (κ2) is 30.2. The van der Waals surface area contributed by atoms with Crippen LogP contribution in [0.1, 0.15) is 69.8 Å². The zero-order valence-corrected chi connectivity index (χ0v) is 26.2. The molecular formula is C42H34O4.